The van der Waals surface area contributed by atoms with Gasteiger partial charge in [0, 0.05) is 20.2 Å². The summed E-state index contributed by atoms with van der Waals surface area (Å²) >= 11 is 0. The van der Waals surface area contributed by atoms with Crippen LogP contribution in [0.3, 0.4) is 0 Å². The monoisotopic (exact) mass is 225 g/mol. The first kappa shape index (κ1) is 11.4. The molecule has 0 radical (unpaired) electrons. The van der Waals surface area contributed by atoms with Crippen molar-refractivity contribution in [1.82, 2.24) is 10.3 Å². The zero-order valence-corrected chi connectivity index (χ0v) is 10.1. The molecular weight excluding hydrogens is 206 g/mol. The molecule has 1 saturated heterocycles. The van der Waals surface area contributed by atoms with Crippen LogP contribution in [0, 0.1) is 0 Å². The first-order chi connectivity index (χ1) is 7.72. The molecule has 0 spiro atoms. The molecule has 1 aromatic rings. The summed E-state index contributed by atoms with van der Waals surface area (Å²) < 4.78 is 11.0. The predicted octanol–water partition coefficient (Wildman–Crippen LogP) is 1.01. The van der Waals surface area contributed by atoms with Gasteiger partial charge in [0.2, 0.25) is 0 Å². The lowest BCUT2D eigenvalue weighted by Crippen LogP contribution is -2.36. The number of hydrogen-bond acceptors (Lipinski definition) is 5. The smallest absolute Gasteiger partial charge is 0.297 e. The molecule has 2 atom stereocenters. The van der Waals surface area contributed by atoms with Gasteiger partial charge in [-0.25, -0.2) is 0 Å². The van der Waals surface area contributed by atoms with E-state index in [1.807, 2.05) is 14.1 Å². The van der Waals surface area contributed by atoms with Gasteiger partial charge in [0.1, 0.15) is 6.26 Å². The molecule has 2 rings (SSSR count). The zero-order chi connectivity index (χ0) is 11.5. The summed E-state index contributed by atoms with van der Waals surface area (Å²) in [6.45, 7) is 3.64. The molecule has 1 fully saturated rings. The number of nitrogens with zero attached hydrogens (tertiary/aromatic N) is 2. The number of hydrogen-bond donors (Lipinski definition) is 1. The maximum atomic E-state index is 5.54. The molecule has 1 aliphatic rings. The van der Waals surface area contributed by atoms with E-state index in [1.165, 1.54) is 0 Å². The van der Waals surface area contributed by atoms with E-state index >= 15 is 0 Å². The average molecular weight is 225 g/mol. The van der Waals surface area contributed by atoms with Crippen molar-refractivity contribution in [2.24, 2.45) is 0 Å². The molecule has 5 heteroatoms. The number of likely N-dealkylation sites (N-methyl/N-ethyl adjacent to an activating group) is 1. The van der Waals surface area contributed by atoms with Gasteiger partial charge in [0.05, 0.1) is 17.8 Å². The highest BCUT2D eigenvalue weighted by Crippen LogP contribution is 2.23. The Bertz CT molecular complexity index is 340. The highest BCUT2D eigenvalue weighted by atomic mass is 16.5. The summed E-state index contributed by atoms with van der Waals surface area (Å²) in [6, 6.07) is 1.04. The fraction of sp³-hybridized carbons (Fsp3) is 0.727. The first-order valence-corrected chi connectivity index (χ1v) is 5.66. The van der Waals surface area contributed by atoms with Gasteiger partial charge in [-0.1, -0.05) is 0 Å². The van der Waals surface area contributed by atoms with Crippen LogP contribution in [-0.2, 0) is 11.3 Å². The van der Waals surface area contributed by atoms with Gasteiger partial charge in [-0.15, -0.1) is 0 Å². The Morgan fingerprint density at radius 2 is 2.44 bits per heavy atom. The van der Waals surface area contributed by atoms with Crippen LogP contribution in [0.15, 0.2) is 10.7 Å². The number of ether oxygens (including phenoxy) is 1. The van der Waals surface area contributed by atoms with Crippen molar-refractivity contribution in [1.29, 1.82) is 0 Å². The fourth-order valence-corrected chi connectivity index (χ4v) is 2.09. The van der Waals surface area contributed by atoms with Gasteiger partial charge >= 0.3 is 0 Å². The third-order valence-electron chi connectivity index (χ3n) is 3.03. The third kappa shape index (κ3) is 2.20. The predicted molar refractivity (Wildman–Crippen MR) is 61.5 cm³/mol. The van der Waals surface area contributed by atoms with Gasteiger partial charge in [-0.2, -0.15) is 4.98 Å². The topological polar surface area (TPSA) is 50.5 Å². The number of oxazole rings is 1. The molecule has 0 aliphatic carbocycles. The Hall–Kier alpha value is -1.07. The Kier molecular flexibility index (Phi) is 3.46. The van der Waals surface area contributed by atoms with Crippen LogP contribution in [0.1, 0.15) is 19.0 Å². The second-order valence-electron chi connectivity index (χ2n) is 4.19. The van der Waals surface area contributed by atoms with Crippen LogP contribution < -0.4 is 10.2 Å². The third-order valence-corrected chi connectivity index (χ3v) is 3.03. The van der Waals surface area contributed by atoms with Crippen molar-refractivity contribution in [2.75, 3.05) is 25.6 Å². The van der Waals surface area contributed by atoms with E-state index in [-0.39, 0.29) is 6.10 Å². The van der Waals surface area contributed by atoms with Crippen LogP contribution in [0.25, 0.3) is 0 Å². The summed E-state index contributed by atoms with van der Waals surface area (Å²) in [5.74, 6) is 0. The molecule has 1 aromatic heterocycles. The first-order valence-electron chi connectivity index (χ1n) is 5.66. The zero-order valence-electron chi connectivity index (χ0n) is 10.1. The molecule has 0 amide bonds. The second kappa shape index (κ2) is 4.84. The molecule has 0 aromatic carbocycles. The Morgan fingerprint density at radius 3 is 3.06 bits per heavy atom. The minimum Gasteiger partial charge on any atom is -0.432 e. The average Bonchev–Trinajstić information content (AvgIpc) is 2.87. The summed E-state index contributed by atoms with van der Waals surface area (Å²) in [5, 5.41) is 3.05. The lowest BCUT2D eigenvalue weighted by atomic mass is 10.1. The van der Waals surface area contributed by atoms with Gasteiger partial charge in [-0.05, 0) is 20.4 Å². The molecular formula is C11H19N3O2. The minimum atomic E-state index is 0.240. The van der Waals surface area contributed by atoms with E-state index in [4.69, 9.17) is 9.15 Å². The van der Waals surface area contributed by atoms with E-state index in [1.54, 1.807) is 6.26 Å². The van der Waals surface area contributed by atoms with E-state index in [0.717, 1.165) is 25.3 Å². The normalized spacial score (nSPS) is 24.9. The summed E-state index contributed by atoms with van der Waals surface area (Å²) in [7, 11) is 3.90. The number of anilines is 1. The van der Waals surface area contributed by atoms with Crippen LogP contribution in [0.4, 0.5) is 6.01 Å². The highest BCUT2D eigenvalue weighted by molar-refractivity contribution is 5.28. The molecule has 2 heterocycles. The Morgan fingerprint density at radius 1 is 1.62 bits per heavy atom. The maximum Gasteiger partial charge on any atom is 0.297 e. The number of nitrogens with one attached hydrogen (secondary N) is 1. The Labute approximate surface area is 95.8 Å². The lowest BCUT2D eigenvalue weighted by molar-refractivity contribution is 0.117. The van der Waals surface area contributed by atoms with Gasteiger partial charge in [-0.3, -0.25) is 0 Å². The summed E-state index contributed by atoms with van der Waals surface area (Å²) in [6.07, 6.45) is 2.97. The van der Waals surface area contributed by atoms with E-state index in [9.17, 15) is 0 Å². The molecule has 0 bridgehead atoms. The van der Waals surface area contributed by atoms with Gasteiger partial charge in [0.25, 0.3) is 6.01 Å². The van der Waals surface area contributed by atoms with Crippen molar-refractivity contribution in [3.63, 3.8) is 0 Å². The van der Waals surface area contributed by atoms with E-state index in [0.29, 0.717) is 12.1 Å². The van der Waals surface area contributed by atoms with Crippen molar-refractivity contribution < 1.29 is 9.15 Å². The van der Waals surface area contributed by atoms with E-state index in [2.05, 4.69) is 22.1 Å². The van der Waals surface area contributed by atoms with E-state index < -0.39 is 0 Å². The van der Waals surface area contributed by atoms with Crippen molar-refractivity contribution in [3.8, 4) is 0 Å². The van der Waals surface area contributed by atoms with Crippen LogP contribution >= 0.6 is 0 Å². The van der Waals surface area contributed by atoms with Crippen molar-refractivity contribution in [3.05, 3.63) is 12.0 Å². The molecule has 5 nitrogen and oxygen atoms in total. The molecule has 1 N–H and O–H groups in total. The molecule has 2 unspecified atom stereocenters. The molecule has 0 saturated carbocycles. The largest absolute Gasteiger partial charge is 0.432 e. The van der Waals surface area contributed by atoms with Crippen molar-refractivity contribution >= 4 is 6.01 Å². The molecule has 1 aliphatic heterocycles. The Balaban J connectivity index is 2.04. The van der Waals surface area contributed by atoms with Crippen LogP contribution in [0.2, 0.25) is 0 Å². The molecule has 16 heavy (non-hydrogen) atoms. The summed E-state index contributed by atoms with van der Waals surface area (Å²) in [4.78, 5) is 6.49. The number of aromatic nitrogens is 1. The second-order valence-corrected chi connectivity index (χ2v) is 4.19. The number of rotatable bonds is 4. The van der Waals surface area contributed by atoms with Crippen molar-refractivity contribution in [2.45, 2.75) is 32.0 Å². The minimum absolute atomic E-state index is 0.240. The highest BCUT2D eigenvalue weighted by Gasteiger charge is 2.30. The van der Waals surface area contributed by atoms with Crippen LogP contribution in [0.5, 0.6) is 0 Å². The van der Waals surface area contributed by atoms with Gasteiger partial charge < -0.3 is 19.4 Å². The molecule has 90 valence electrons. The van der Waals surface area contributed by atoms with Crippen LogP contribution in [-0.4, -0.2) is 37.8 Å². The maximum absolute atomic E-state index is 5.54. The van der Waals surface area contributed by atoms with Gasteiger partial charge in [0.15, 0.2) is 0 Å². The SMILES string of the molecule is CNCc1coc(N(C)C2CCOC2C)n1. The standard InChI is InChI=1S/C11H19N3O2/c1-8-10(4-5-15-8)14(3)11-13-9(6-12-2)7-16-11/h7-8,10,12H,4-6H2,1-3H3. The fourth-order valence-electron chi connectivity index (χ4n) is 2.09. The summed E-state index contributed by atoms with van der Waals surface area (Å²) in [5.41, 5.74) is 0.927. The quantitative estimate of drug-likeness (QED) is 0.828. The lowest BCUT2D eigenvalue weighted by Gasteiger charge is -2.24.